The molecule has 0 unspecified atom stereocenters. The van der Waals surface area contributed by atoms with Crippen LogP contribution in [0.1, 0.15) is 16.8 Å². The van der Waals surface area contributed by atoms with E-state index in [1.807, 2.05) is 23.1 Å². The van der Waals surface area contributed by atoms with Crippen LogP contribution in [0.15, 0.2) is 42.5 Å². The highest BCUT2D eigenvalue weighted by molar-refractivity contribution is 5.84. The van der Waals surface area contributed by atoms with Crippen LogP contribution in [0.25, 0.3) is 10.9 Å². The topological polar surface area (TPSA) is 60.6 Å². The van der Waals surface area contributed by atoms with E-state index in [1.54, 1.807) is 6.07 Å². The Kier molecular flexibility index (Phi) is 6.42. The number of carbonyl (C=O) groups excluding carboxylic acids is 1. The lowest BCUT2D eigenvalue weighted by Crippen LogP contribution is -2.51. The maximum atomic E-state index is 13.9. The fourth-order valence-electron chi connectivity index (χ4n) is 4.24. The fourth-order valence-corrected chi connectivity index (χ4v) is 4.24. The third-order valence-electron chi connectivity index (χ3n) is 5.96. The Labute approximate surface area is 182 Å². The van der Waals surface area contributed by atoms with Crippen molar-refractivity contribution in [2.75, 3.05) is 39.8 Å². The SMILES string of the molecule is COc1ccc(CN2CCN(C(=O)NCCc3c(C)[nH]c4ccccc34)CC2)cc1F. The molecule has 1 aliphatic rings. The first-order chi connectivity index (χ1) is 15.0. The molecule has 1 fully saturated rings. The smallest absolute Gasteiger partial charge is 0.317 e. The number of methoxy groups -OCH3 is 1. The minimum Gasteiger partial charge on any atom is -0.494 e. The minimum atomic E-state index is -0.344. The molecule has 0 atom stereocenters. The van der Waals surface area contributed by atoms with Gasteiger partial charge in [0, 0.05) is 55.9 Å². The second kappa shape index (κ2) is 9.39. The molecule has 0 spiro atoms. The number of urea groups is 1. The number of benzene rings is 2. The van der Waals surface area contributed by atoms with Crippen LogP contribution in [-0.4, -0.2) is 60.6 Å². The number of hydrogen-bond acceptors (Lipinski definition) is 3. The first kappa shape index (κ1) is 21.2. The van der Waals surface area contributed by atoms with Crippen molar-refractivity contribution < 1.29 is 13.9 Å². The number of aryl methyl sites for hydroxylation is 1. The molecule has 6 nitrogen and oxygen atoms in total. The van der Waals surface area contributed by atoms with E-state index in [-0.39, 0.29) is 17.6 Å². The molecule has 164 valence electrons. The van der Waals surface area contributed by atoms with E-state index in [0.29, 0.717) is 26.2 Å². The molecule has 2 aromatic carbocycles. The number of nitrogens with one attached hydrogen (secondary N) is 2. The molecule has 3 aromatic rings. The van der Waals surface area contributed by atoms with Crippen molar-refractivity contribution in [2.45, 2.75) is 19.9 Å². The standard InChI is InChI=1S/C24H29FN4O2/c1-17-19(20-5-3-4-6-22(20)27-17)9-10-26-24(30)29-13-11-28(12-14-29)16-18-7-8-23(31-2)21(25)15-18/h3-8,15,27H,9-14,16H2,1-2H3,(H,26,30). The van der Waals surface area contributed by atoms with Gasteiger partial charge in [0.25, 0.3) is 0 Å². The Balaban J connectivity index is 1.24. The molecule has 0 saturated carbocycles. The van der Waals surface area contributed by atoms with Crippen LogP contribution in [0.5, 0.6) is 5.75 Å². The number of aromatic amines is 1. The zero-order valence-corrected chi connectivity index (χ0v) is 18.1. The van der Waals surface area contributed by atoms with Crippen LogP contribution in [0.2, 0.25) is 0 Å². The number of hydrogen-bond donors (Lipinski definition) is 2. The van der Waals surface area contributed by atoms with Gasteiger partial charge in [-0.15, -0.1) is 0 Å². The van der Waals surface area contributed by atoms with Crippen LogP contribution in [0.4, 0.5) is 9.18 Å². The first-order valence-corrected chi connectivity index (χ1v) is 10.7. The summed E-state index contributed by atoms with van der Waals surface area (Å²) in [5, 5.41) is 4.28. The molecule has 4 rings (SSSR count). The molecule has 0 aliphatic carbocycles. The van der Waals surface area contributed by atoms with Gasteiger partial charge in [0.2, 0.25) is 0 Å². The Morgan fingerprint density at radius 3 is 2.68 bits per heavy atom. The van der Waals surface area contributed by atoms with Crippen molar-refractivity contribution in [2.24, 2.45) is 0 Å². The summed E-state index contributed by atoms with van der Waals surface area (Å²) in [6.45, 7) is 6.20. The fraction of sp³-hybridized carbons (Fsp3) is 0.375. The highest BCUT2D eigenvalue weighted by Gasteiger charge is 2.21. The Morgan fingerprint density at radius 2 is 1.94 bits per heavy atom. The molecule has 2 heterocycles. The lowest BCUT2D eigenvalue weighted by molar-refractivity contribution is 0.135. The number of H-pyrrole nitrogens is 1. The number of amides is 2. The lowest BCUT2D eigenvalue weighted by Gasteiger charge is -2.34. The highest BCUT2D eigenvalue weighted by atomic mass is 19.1. The number of ether oxygens (including phenoxy) is 1. The third-order valence-corrected chi connectivity index (χ3v) is 5.96. The summed E-state index contributed by atoms with van der Waals surface area (Å²) in [6, 6.07) is 13.3. The van der Waals surface area contributed by atoms with Gasteiger partial charge >= 0.3 is 6.03 Å². The van der Waals surface area contributed by atoms with Crippen LogP contribution in [0, 0.1) is 12.7 Å². The largest absolute Gasteiger partial charge is 0.494 e. The van der Waals surface area contributed by atoms with Crippen LogP contribution < -0.4 is 10.1 Å². The lowest BCUT2D eigenvalue weighted by atomic mass is 10.1. The second-order valence-electron chi connectivity index (χ2n) is 7.99. The number of halogens is 1. The zero-order valence-electron chi connectivity index (χ0n) is 18.1. The van der Waals surface area contributed by atoms with Crippen molar-refractivity contribution in [1.29, 1.82) is 0 Å². The molecule has 1 aromatic heterocycles. The molecular weight excluding hydrogens is 395 g/mol. The highest BCUT2D eigenvalue weighted by Crippen LogP contribution is 2.22. The van der Waals surface area contributed by atoms with Crippen molar-refractivity contribution in [3.63, 3.8) is 0 Å². The molecule has 1 aliphatic heterocycles. The predicted molar refractivity (Wildman–Crippen MR) is 120 cm³/mol. The van der Waals surface area contributed by atoms with Crippen molar-refractivity contribution in [1.82, 2.24) is 20.1 Å². The third kappa shape index (κ3) is 4.82. The van der Waals surface area contributed by atoms with Gasteiger partial charge in [0.05, 0.1) is 7.11 Å². The molecule has 0 bridgehead atoms. The first-order valence-electron chi connectivity index (χ1n) is 10.7. The predicted octanol–water partition coefficient (Wildman–Crippen LogP) is 3.69. The van der Waals surface area contributed by atoms with Gasteiger partial charge in [-0.25, -0.2) is 9.18 Å². The van der Waals surface area contributed by atoms with E-state index in [2.05, 4.69) is 34.3 Å². The number of para-hydroxylation sites is 1. The van der Waals surface area contributed by atoms with E-state index in [0.717, 1.165) is 36.3 Å². The molecular formula is C24H29FN4O2. The van der Waals surface area contributed by atoms with Gasteiger partial charge in [-0.3, -0.25) is 4.90 Å². The number of piperazine rings is 1. The molecule has 1 saturated heterocycles. The Bertz CT molecular complexity index is 1060. The van der Waals surface area contributed by atoms with Gasteiger partial charge in [0.15, 0.2) is 11.6 Å². The van der Waals surface area contributed by atoms with Gasteiger partial charge < -0.3 is 19.9 Å². The summed E-state index contributed by atoms with van der Waals surface area (Å²) < 4.78 is 18.9. The normalized spacial score (nSPS) is 14.7. The average Bonchev–Trinajstić information content (AvgIpc) is 3.09. The van der Waals surface area contributed by atoms with Crippen molar-refractivity contribution in [3.8, 4) is 5.75 Å². The van der Waals surface area contributed by atoms with Gasteiger partial charge in [-0.05, 0) is 42.7 Å². The number of carbonyl (C=O) groups is 1. The maximum absolute atomic E-state index is 13.9. The van der Waals surface area contributed by atoms with E-state index >= 15 is 0 Å². The summed E-state index contributed by atoms with van der Waals surface area (Å²) in [7, 11) is 1.46. The van der Waals surface area contributed by atoms with Gasteiger partial charge in [-0.2, -0.15) is 0 Å². The zero-order chi connectivity index (χ0) is 21.8. The summed E-state index contributed by atoms with van der Waals surface area (Å²) >= 11 is 0. The van der Waals surface area contributed by atoms with Crippen LogP contribution in [-0.2, 0) is 13.0 Å². The summed E-state index contributed by atoms with van der Waals surface area (Å²) in [5.74, 6) is -0.0866. The molecule has 2 amide bonds. The van der Waals surface area contributed by atoms with E-state index in [4.69, 9.17) is 4.74 Å². The van der Waals surface area contributed by atoms with Gasteiger partial charge in [0.1, 0.15) is 0 Å². The Hall–Kier alpha value is -3.06. The quantitative estimate of drug-likeness (QED) is 0.635. The number of fused-ring (bicyclic) bond motifs is 1. The summed E-state index contributed by atoms with van der Waals surface area (Å²) in [4.78, 5) is 20.1. The molecule has 7 heteroatoms. The van der Waals surface area contributed by atoms with E-state index < -0.39 is 0 Å². The second-order valence-corrected chi connectivity index (χ2v) is 7.99. The van der Waals surface area contributed by atoms with E-state index in [1.165, 1.54) is 24.1 Å². The van der Waals surface area contributed by atoms with Crippen molar-refractivity contribution >= 4 is 16.9 Å². The van der Waals surface area contributed by atoms with Crippen molar-refractivity contribution in [3.05, 3.63) is 65.1 Å². The summed E-state index contributed by atoms with van der Waals surface area (Å²) in [5.41, 5.74) is 4.45. The molecule has 0 radical (unpaired) electrons. The number of aromatic nitrogens is 1. The average molecular weight is 425 g/mol. The van der Waals surface area contributed by atoms with Crippen LogP contribution in [0.3, 0.4) is 0 Å². The number of rotatable bonds is 6. The van der Waals surface area contributed by atoms with Crippen LogP contribution >= 0.6 is 0 Å². The van der Waals surface area contributed by atoms with Gasteiger partial charge in [-0.1, -0.05) is 24.3 Å². The summed E-state index contributed by atoms with van der Waals surface area (Å²) in [6.07, 6.45) is 0.796. The maximum Gasteiger partial charge on any atom is 0.317 e. The van der Waals surface area contributed by atoms with E-state index in [9.17, 15) is 9.18 Å². The Morgan fingerprint density at radius 1 is 1.16 bits per heavy atom. The molecule has 31 heavy (non-hydrogen) atoms. The number of nitrogens with zero attached hydrogens (tertiary/aromatic N) is 2. The molecule has 2 N–H and O–H groups in total. The minimum absolute atomic E-state index is 0.0207. The monoisotopic (exact) mass is 424 g/mol.